The van der Waals surface area contributed by atoms with Gasteiger partial charge in [0.25, 0.3) is 5.56 Å². The normalized spacial score (nSPS) is 15.4. The molecular formula is C14H21ClN4O3. The lowest BCUT2D eigenvalue weighted by Gasteiger charge is -2.17. The Hall–Kier alpha value is -1.60. The summed E-state index contributed by atoms with van der Waals surface area (Å²) in [6.45, 7) is 2.13. The highest BCUT2D eigenvalue weighted by Gasteiger charge is 2.25. The van der Waals surface area contributed by atoms with E-state index in [1.54, 1.807) is 6.92 Å². The molecule has 3 N–H and O–H groups in total. The summed E-state index contributed by atoms with van der Waals surface area (Å²) in [5, 5.41) is 3.15. The summed E-state index contributed by atoms with van der Waals surface area (Å²) in [5.74, 6) is 0.317. The number of anilines is 1. The van der Waals surface area contributed by atoms with Crippen molar-refractivity contribution in [2.75, 3.05) is 18.5 Å². The molecule has 1 atom stereocenters. The predicted octanol–water partition coefficient (Wildman–Crippen LogP) is 0.999. The third kappa shape index (κ3) is 4.45. The number of rotatable bonds is 8. The van der Waals surface area contributed by atoms with Gasteiger partial charge in [-0.25, -0.2) is 4.98 Å². The van der Waals surface area contributed by atoms with E-state index in [1.807, 2.05) is 0 Å². The average Bonchev–Trinajstić information content (AvgIpc) is 3.29. The Kier molecular flexibility index (Phi) is 5.79. The van der Waals surface area contributed by atoms with E-state index in [2.05, 4.69) is 10.3 Å². The van der Waals surface area contributed by atoms with Crippen molar-refractivity contribution >= 4 is 23.4 Å². The van der Waals surface area contributed by atoms with Gasteiger partial charge in [0.1, 0.15) is 11.7 Å². The Labute approximate surface area is 133 Å². The number of nitrogens with two attached hydrogens (primary N) is 1. The van der Waals surface area contributed by atoms with E-state index < -0.39 is 11.5 Å². The second-order valence-electron chi connectivity index (χ2n) is 5.38. The number of ether oxygens (including phenoxy) is 1. The van der Waals surface area contributed by atoms with Gasteiger partial charge in [-0.3, -0.25) is 14.2 Å². The summed E-state index contributed by atoms with van der Waals surface area (Å²) in [5.41, 5.74) is 5.29. The Morgan fingerprint density at radius 1 is 1.64 bits per heavy atom. The van der Waals surface area contributed by atoms with Crippen molar-refractivity contribution in [3.63, 3.8) is 0 Å². The van der Waals surface area contributed by atoms with Gasteiger partial charge in [-0.15, -0.1) is 0 Å². The molecule has 7 nitrogen and oxygen atoms in total. The maximum absolute atomic E-state index is 12.4. The smallest absolute Gasteiger partial charge is 0.326 e. The zero-order valence-electron chi connectivity index (χ0n) is 12.5. The fraction of sp³-hybridized carbons (Fsp3) is 0.643. The zero-order valence-corrected chi connectivity index (χ0v) is 13.3. The Morgan fingerprint density at radius 3 is 2.95 bits per heavy atom. The van der Waals surface area contributed by atoms with Crippen LogP contribution in [0.3, 0.4) is 0 Å². The van der Waals surface area contributed by atoms with E-state index in [-0.39, 0.29) is 30.2 Å². The van der Waals surface area contributed by atoms with Gasteiger partial charge in [0, 0.05) is 12.6 Å². The molecule has 1 aromatic rings. The van der Waals surface area contributed by atoms with Gasteiger partial charge in [0.2, 0.25) is 0 Å². The molecule has 0 aliphatic heterocycles. The van der Waals surface area contributed by atoms with Gasteiger partial charge in [-0.2, -0.15) is 0 Å². The summed E-state index contributed by atoms with van der Waals surface area (Å²) in [4.78, 5) is 28.0. The number of hydrogen-bond acceptors (Lipinski definition) is 6. The van der Waals surface area contributed by atoms with Crippen LogP contribution in [0.2, 0.25) is 5.15 Å². The number of nitrogens with one attached hydrogen (secondary N) is 1. The molecule has 1 aliphatic carbocycles. The summed E-state index contributed by atoms with van der Waals surface area (Å²) in [6.07, 6.45) is 4.67. The van der Waals surface area contributed by atoms with Crippen LogP contribution >= 0.6 is 11.6 Å². The Bertz CT molecular complexity index is 586. The Morgan fingerprint density at radius 2 is 2.36 bits per heavy atom. The first kappa shape index (κ1) is 16.8. The number of aromatic nitrogens is 2. The molecule has 8 heteroatoms. The highest BCUT2D eigenvalue weighted by Crippen LogP contribution is 2.33. The fourth-order valence-electron chi connectivity index (χ4n) is 2.21. The van der Waals surface area contributed by atoms with Gasteiger partial charge in [-0.05, 0) is 19.3 Å². The molecule has 0 aromatic carbocycles. The van der Waals surface area contributed by atoms with Crippen LogP contribution < -0.4 is 16.6 Å². The van der Waals surface area contributed by atoms with Crippen LogP contribution in [0.1, 0.15) is 26.2 Å². The summed E-state index contributed by atoms with van der Waals surface area (Å²) >= 11 is 5.95. The van der Waals surface area contributed by atoms with E-state index in [0.29, 0.717) is 12.5 Å². The van der Waals surface area contributed by atoms with Crippen LogP contribution in [0.5, 0.6) is 0 Å². The number of nitrogens with zero attached hydrogens (tertiary/aromatic N) is 2. The molecule has 1 saturated carbocycles. The first-order valence-electron chi connectivity index (χ1n) is 7.42. The summed E-state index contributed by atoms with van der Waals surface area (Å²) in [7, 11) is 0. The highest BCUT2D eigenvalue weighted by molar-refractivity contribution is 6.29. The van der Waals surface area contributed by atoms with Gasteiger partial charge in [0.15, 0.2) is 5.82 Å². The van der Waals surface area contributed by atoms with Crippen molar-refractivity contribution in [2.24, 2.45) is 11.7 Å². The average molecular weight is 329 g/mol. The second-order valence-corrected chi connectivity index (χ2v) is 5.77. The van der Waals surface area contributed by atoms with E-state index in [4.69, 9.17) is 22.1 Å². The molecule has 1 aromatic heterocycles. The molecule has 2 rings (SSSR count). The molecule has 0 amide bonds. The minimum Gasteiger partial charge on any atom is -0.465 e. The predicted molar refractivity (Wildman–Crippen MR) is 83.9 cm³/mol. The number of esters is 1. The molecular weight excluding hydrogens is 308 g/mol. The van der Waals surface area contributed by atoms with Crippen molar-refractivity contribution in [1.82, 2.24) is 9.55 Å². The van der Waals surface area contributed by atoms with Crippen LogP contribution in [0.15, 0.2) is 11.0 Å². The van der Waals surface area contributed by atoms with Gasteiger partial charge in [-0.1, -0.05) is 24.4 Å². The first-order chi connectivity index (χ1) is 10.5. The van der Waals surface area contributed by atoms with Crippen molar-refractivity contribution in [2.45, 2.75) is 38.8 Å². The van der Waals surface area contributed by atoms with E-state index >= 15 is 0 Å². The van der Waals surface area contributed by atoms with Crippen molar-refractivity contribution < 1.29 is 9.53 Å². The number of carbonyl (C=O) groups is 1. The van der Waals surface area contributed by atoms with Crippen molar-refractivity contribution in [3.8, 4) is 0 Å². The molecule has 0 radical (unpaired) electrons. The second kappa shape index (κ2) is 7.60. The lowest BCUT2D eigenvalue weighted by atomic mass is 10.1. The minimum absolute atomic E-state index is 0.00933. The molecule has 1 fully saturated rings. The minimum atomic E-state index is -0.517. The summed E-state index contributed by atoms with van der Waals surface area (Å²) in [6, 6.07) is -0.00933. The molecule has 1 heterocycles. The van der Waals surface area contributed by atoms with Crippen LogP contribution in [0.4, 0.5) is 5.82 Å². The largest absolute Gasteiger partial charge is 0.465 e. The lowest BCUT2D eigenvalue weighted by molar-refractivity contribution is -0.143. The number of carbonyl (C=O) groups excluding carboxylic acids is 1. The SMILES string of the molecule is CCOC(=O)Cn1c(Cl)cnc(N[C@H](CN)CC2CC2)c1=O. The Balaban J connectivity index is 2.14. The molecule has 0 spiro atoms. The third-order valence-corrected chi connectivity index (χ3v) is 3.84. The maximum Gasteiger partial charge on any atom is 0.326 e. The highest BCUT2D eigenvalue weighted by atomic mass is 35.5. The van der Waals surface area contributed by atoms with Gasteiger partial charge in [0.05, 0.1) is 12.8 Å². The molecule has 122 valence electrons. The first-order valence-corrected chi connectivity index (χ1v) is 7.80. The quantitative estimate of drug-likeness (QED) is 0.691. The standard InChI is InChI=1S/C14H21ClN4O3/c1-2-22-12(20)8-19-11(15)7-17-13(14(19)21)18-10(6-16)5-9-3-4-9/h7,9-10H,2-6,8,16H2,1H3,(H,17,18)/t10-/m0/s1. The lowest BCUT2D eigenvalue weighted by Crippen LogP contribution is -2.35. The van der Waals surface area contributed by atoms with Crippen LogP contribution in [-0.2, 0) is 16.1 Å². The molecule has 0 unspecified atom stereocenters. The molecule has 1 aliphatic rings. The zero-order chi connectivity index (χ0) is 16.1. The van der Waals surface area contributed by atoms with Crippen molar-refractivity contribution in [1.29, 1.82) is 0 Å². The topological polar surface area (TPSA) is 99.2 Å². The van der Waals surface area contributed by atoms with Crippen LogP contribution in [-0.4, -0.2) is 34.7 Å². The molecule has 0 bridgehead atoms. The monoisotopic (exact) mass is 328 g/mol. The van der Waals surface area contributed by atoms with E-state index in [1.165, 1.54) is 19.0 Å². The third-order valence-electron chi connectivity index (χ3n) is 3.54. The number of halogens is 1. The van der Waals surface area contributed by atoms with Gasteiger partial charge < -0.3 is 15.8 Å². The molecule has 22 heavy (non-hydrogen) atoms. The fourth-order valence-corrected chi connectivity index (χ4v) is 2.40. The maximum atomic E-state index is 12.4. The van der Waals surface area contributed by atoms with Crippen LogP contribution in [0.25, 0.3) is 0 Å². The summed E-state index contributed by atoms with van der Waals surface area (Å²) < 4.78 is 5.98. The molecule has 0 saturated heterocycles. The van der Waals surface area contributed by atoms with E-state index in [0.717, 1.165) is 11.0 Å². The number of hydrogen-bond donors (Lipinski definition) is 2. The van der Waals surface area contributed by atoms with Gasteiger partial charge >= 0.3 is 5.97 Å². The van der Waals surface area contributed by atoms with E-state index in [9.17, 15) is 9.59 Å². The van der Waals surface area contributed by atoms with Crippen LogP contribution in [0, 0.1) is 5.92 Å². The van der Waals surface area contributed by atoms with Crippen molar-refractivity contribution in [3.05, 3.63) is 21.7 Å².